The summed E-state index contributed by atoms with van der Waals surface area (Å²) in [7, 11) is 0. The Kier molecular flexibility index (Phi) is 2.23. The van der Waals surface area contributed by atoms with Gasteiger partial charge in [0.05, 0.1) is 11.7 Å². The standard InChI is InChI=1S/C9H10IN3/c1-6(2)13-8-3-4-9(10)12-7(8)5-11-13/h3-6H,1-2H3. The molecule has 2 aromatic heterocycles. The molecule has 0 unspecified atom stereocenters. The van der Waals surface area contributed by atoms with Crippen molar-refractivity contribution >= 4 is 33.6 Å². The molecule has 4 heteroatoms. The average molecular weight is 287 g/mol. The molecular weight excluding hydrogens is 277 g/mol. The Labute approximate surface area is 90.3 Å². The van der Waals surface area contributed by atoms with Crippen molar-refractivity contribution in [2.45, 2.75) is 19.9 Å². The number of aromatic nitrogens is 3. The minimum absolute atomic E-state index is 0.388. The number of nitrogens with zero attached hydrogens (tertiary/aromatic N) is 3. The first-order valence-electron chi connectivity index (χ1n) is 4.18. The normalized spacial score (nSPS) is 11.4. The molecule has 2 aromatic rings. The third-order valence-corrected chi connectivity index (χ3v) is 2.51. The van der Waals surface area contributed by atoms with Crippen molar-refractivity contribution in [3.05, 3.63) is 22.0 Å². The second-order valence-corrected chi connectivity index (χ2v) is 4.33. The zero-order chi connectivity index (χ0) is 9.42. The summed E-state index contributed by atoms with van der Waals surface area (Å²) in [5.41, 5.74) is 2.08. The first-order chi connectivity index (χ1) is 6.18. The summed E-state index contributed by atoms with van der Waals surface area (Å²) >= 11 is 2.21. The molecule has 3 nitrogen and oxygen atoms in total. The summed E-state index contributed by atoms with van der Waals surface area (Å²) in [6.45, 7) is 4.23. The van der Waals surface area contributed by atoms with Gasteiger partial charge in [0, 0.05) is 6.04 Å². The molecule has 0 bridgehead atoms. The van der Waals surface area contributed by atoms with Gasteiger partial charge in [-0.25, -0.2) is 4.98 Å². The summed E-state index contributed by atoms with van der Waals surface area (Å²) in [6, 6.07) is 4.46. The first kappa shape index (κ1) is 8.93. The van der Waals surface area contributed by atoms with Crippen LogP contribution in [0.2, 0.25) is 0 Å². The molecule has 0 radical (unpaired) electrons. The largest absolute Gasteiger partial charge is 0.261 e. The summed E-state index contributed by atoms with van der Waals surface area (Å²) in [5, 5.41) is 4.29. The van der Waals surface area contributed by atoms with Gasteiger partial charge in [-0.1, -0.05) is 0 Å². The maximum atomic E-state index is 4.38. The van der Waals surface area contributed by atoms with Crippen LogP contribution in [0.3, 0.4) is 0 Å². The maximum Gasteiger partial charge on any atom is 0.110 e. The van der Waals surface area contributed by atoms with Crippen molar-refractivity contribution in [2.24, 2.45) is 0 Å². The van der Waals surface area contributed by atoms with Gasteiger partial charge in [0.1, 0.15) is 9.22 Å². The molecule has 0 amide bonds. The van der Waals surface area contributed by atoms with E-state index < -0.39 is 0 Å². The maximum absolute atomic E-state index is 4.38. The van der Waals surface area contributed by atoms with E-state index >= 15 is 0 Å². The number of hydrogen-bond acceptors (Lipinski definition) is 2. The predicted molar refractivity (Wildman–Crippen MR) is 60.6 cm³/mol. The molecule has 0 aliphatic heterocycles. The van der Waals surface area contributed by atoms with Crippen molar-refractivity contribution in [2.75, 3.05) is 0 Å². The Morgan fingerprint density at radius 3 is 2.85 bits per heavy atom. The number of hydrogen-bond donors (Lipinski definition) is 0. The summed E-state index contributed by atoms with van der Waals surface area (Å²) in [4.78, 5) is 4.38. The van der Waals surface area contributed by atoms with Gasteiger partial charge in [-0.15, -0.1) is 0 Å². The second kappa shape index (κ2) is 3.25. The number of fused-ring (bicyclic) bond motifs is 1. The summed E-state index contributed by atoms with van der Waals surface area (Å²) < 4.78 is 2.99. The fourth-order valence-corrected chi connectivity index (χ4v) is 1.76. The molecule has 0 N–H and O–H groups in total. The summed E-state index contributed by atoms with van der Waals surface area (Å²) in [6.07, 6.45) is 1.82. The van der Waals surface area contributed by atoms with Crippen LogP contribution in [-0.2, 0) is 0 Å². The van der Waals surface area contributed by atoms with Crippen LogP contribution >= 0.6 is 22.6 Å². The Bertz CT molecular complexity index is 433. The summed E-state index contributed by atoms with van der Waals surface area (Å²) in [5.74, 6) is 0. The molecule has 2 heterocycles. The molecule has 2 rings (SSSR count). The first-order valence-corrected chi connectivity index (χ1v) is 5.26. The number of pyridine rings is 1. The smallest absolute Gasteiger partial charge is 0.110 e. The van der Waals surface area contributed by atoms with E-state index in [1.807, 2.05) is 16.9 Å². The van der Waals surface area contributed by atoms with E-state index in [0.29, 0.717) is 6.04 Å². The third-order valence-electron chi connectivity index (χ3n) is 1.91. The fraction of sp³-hybridized carbons (Fsp3) is 0.333. The lowest BCUT2D eigenvalue weighted by molar-refractivity contribution is 0.551. The zero-order valence-corrected chi connectivity index (χ0v) is 9.69. The highest BCUT2D eigenvalue weighted by atomic mass is 127. The van der Waals surface area contributed by atoms with Gasteiger partial charge in [-0.05, 0) is 48.6 Å². The van der Waals surface area contributed by atoms with E-state index in [0.717, 1.165) is 14.7 Å². The minimum Gasteiger partial charge on any atom is -0.261 e. The highest BCUT2D eigenvalue weighted by Crippen LogP contribution is 2.16. The van der Waals surface area contributed by atoms with E-state index in [4.69, 9.17) is 0 Å². The van der Waals surface area contributed by atoms with Gasteiger partial charge in [0.25, 0.3) is 0 Å². The van der Waals surface area contributed by atoms with Crippen molar-refractivity contribution < 1.29 is 0 Å². The highest BCUT2D eigenvalue weighted by molar-refractivity contribution is 14.1. The Hall–Kier alpha value is -0.650. The Morgan fingerprint density at radius 1 is 1.38 bits per heavy atom. The van der Waals surface area contributed by atoms with Gasteiger partial charge < -0.3 is 0 Å². The molecule has 0 aliphatic rings. The van der Waals surface area contributed by atoms with Gasteiger partial charge in [-0.3, -0.25) is 4.68 Å². The van der Waals surface area contributed by atoms with Crippen molar-refractivity contribution in [1.29, 1.82) is 0 Å². The van der Waals surface area contributed by atoms with E-state index in [9.17, 15) is 0 Å². The molecular formula is C9H10IN3. The van der Waals surface area contributed by atoms with Gasteiger partial charge >= 0.3 is 0 Å². The van der Waals surface area contributed by atoms with Crippen LogP contribution in [-0.4, -0.2) is 14.8 Å². The van der Waals surface area contributed by atoms with E-state index in [2.05, 4.69) is 52.6 Å². The third kappa shape index (κ3) is 1.54. The molecule has 68 valence electrons. The average Bonchev–Trinajstić information content (AvgIpc) is 2.46. The topological polar surface area (TPSA) is 30.7 Å². The van der Waals surface area contributed by atoms with Gasteiger partial charge in [0.2, 0.25) is 0 Å². The SMILES string of the molecule is CC(C)n1ncc2nc(I)ccc21. The van der Waals surface area contributed by atoms with Crippen molar-refractivity contribution in [1.82, 2.24) is 14.8 Å². The molecule has 0 saturated carbocycles. The quantitative estimate of drug-likeness (QED) is 0.596. The van der Waals surface area contributed by atoms with Crippen LogP contribution in [0, 0.1) is 3.70 Å². The van der Waals surface area contributed by atoms with Crippen LogP contribution in [0.1, 0.15) is 19.9 Å². The highest BCUT2D eigenvalue weighted by Gasteiger charge is 2.05. The van der Waals surface area contributed by atoms with E-state index in [1.165, 1.54) is 0 Å². The zero-order valence-electron chi connectivity index (χ0n) is 7.53. The lowest BCUT2D eigenvalue weighted by Crippen LogP contribution is -2.01. The van der Waals surface area contributed by atoms with Crippen LogP contribution in [0.4, 0.5) is 0 Å². The van der Waals surface area contributed by atoms with Crippen molar-refractivity contribution in [3.63, 3.8) is 0 Å². The molecule has 0 aromatic carbocycles. The van der Waals surface area contributed by atoms with Crippen molar-refractivity contribution in [3.8, 4) is 0 Å². The van der Waals surface area contributed by atoms with Crippen LogP contribution in [0.15, 0.2) is 18.3 Å². The van der Waals surface area contributed by atoms with Crippen LogP contribution in [0.5, 0.6) is 0 Å². The second-order valence-electron chi connectivity index (χ2n) is 3.22. The lowest BCUT2D eigenvalue weighted by atomic mass is 10.3. The predicted octanol–water partition coefficient (Wildman–Crippen LogP) is 2.62. The van der Waals surface area contributed by atoms with E-state index in [1.54, 1.807) is 0 Å². The molecule has 0 saturated heterocycles. The Balaban J connectivity index is 2.69. The number of rotatable bonds is 1. The fourth-order valence-electron chi connectivity index (χ4n) is 1.32. The molecule has 0 fully saturated rings. The molecule has 0 atom stereocenters. The van der Waals surface area contributed by atoms with Gasteiger partial charge in [-0.2, -0.15) is 5.10 Å². The lowest BCUT2D eigenvalue weighted by Gasteiger charge is -2.05. The molecule has 0 spiro atoms. The van der Waals surface area contributed by atoms with Crippen LogP contribution < -0.4 is 0 Å². The monoisotopic (exact) mass is 287 g/mol. The van der Waals surface area contributed by atoms with Gasteiger partial charge in [0.15, 0.2) is 0 Å². The number of halogens is 1. The molecule has 13 heavy (non-hydrogen) atoms. The minimum atomic E-state index is 0.388. The Morgan fingerprint density at radius 2 is 2.15 bits per heavy atom. The van der Waals surface area contributed by atoms with E-state index in [-0.39, 0.29) is 0 Å². The molecule has 0 aliphatic carbocycles. The van der Waals surface area contributed by atoms with Crippen LogP contribution in [0.25, 0.3) is 11.0 Å².